The quantitative estimate of drug-likeness (QED) is 0.641. The van der Waals surface area contributed by atoms with Crippen molar-refractivity contribution in [3.8, 4) is 0 Å². The van der Waals surface area contributed by atoms with E-state index in [2.05, 4.69) is 21.6 Å². The maximum absolute atomic E-state index is 5.32. The molecule has 0 atom stereocenters. The predicted molar refractivity (Wildman–Crippen MR) is 56.2 cm³/mol. The summed E-state index contributed by atoms with van der Waals surface area (Å²) in [5, 5.41) is 0. The monoisotopic (exact) mass is 202 g/mol. The highest BCUT2D eigenvalue weighted by molar-refractivity contribution is 7.99. The minimum atomic E-state index is 0.919. The molecule has 2 saturated heterocycles. The van der Waals surface area contributed by atoms with Crippen molar-refractivity contribution in [2.45, 2.75) is 0 Å². The summed E-state index contributed by atoms with van der Waals surface area (Å²) in [6.07, 6.45) is 0. The third kappa shape index (κ3) is 3.13. The number of nitrogens with zero attached hydrogens (tertiary/aromatic N) is 2. The maximum atomic E-state index is 5.32. The molecule has 0 aliphatic carbocycles. The van der Waals surface area contributed by atoms with Crippen molar-refractivity contribution in [3.05, 3.63) is 0 Å². The van der Waals surface area contributed by atoms with Gasteiger partial charge in [-0.2, -0.15) is 11.8 Å². The second-order valence-corrected chi connectivity index (χ2v) is 4.83. The van der Waals surface area contributed by atoms with Gasteiger partial charge in [-0.3, -0.25) is 9.80 Å². The molecule has 2 rings (SSSR count). The number of rotatable bonds is 2. The number of ether oxygens (including phenoxy) is 1. The van der Waals surface area contributed by atoms with Gasteiger partial charge in [-0.1, -0.05) is 0 Å². The van der Waals surface area contributed by atoms with Crippen LogP contribution in [-0.4, -0.2) is 67.4 Å². The topological polar surface area (TPSA) is 15.7 Å². The summed E-state index contributed by atoms with van der Waals surface area (Å²) >= 11 is 2.08. The fourth-order valence-corrected chi connectivity index (χ4v) is 2.75. The Morgan fingerprint density at radius 3 is 2.23 bits per heavy atom. The Balaban J connectivity index is 1.69. The van der Waals surface area contributed by atoms with Crippen molar-refractivity contribution in [1.29, 1.82) is 0 Å². The first-order chi connectivity index (χ1) is 6.45. The van der Waals surface area contributed by atoms with Crippen LogP contribution >= 0.6 is 11.8 Å². The van der Waals surface area contributed by atoms with Crippen LogP contribution in [0.3, 0.4) is 0 Å². The zero-order chi connectivity index (χ0) is 8.93. The van der Waals surface area contributed by atoms with Crippen LogP contribution in [0.2, 0.25) is 0 Å². The van der Waals surface area contributed by atoms with Gasteiger partial charge in [-0.15, -0.1) is 0 Å². The third-order valence-corrected chi connectivity index (χ3v) is 3.55. The smallest absolute Gasteiger partial charge is 0.0594 e. The van der Waals surface area contributed by atoms with Crippen molar-refractivity contribution < 1.29 is 4.74 Å². The summed E-state index contributed by atoms with van der Waals surface area (Å²) in [5.74, 6) is 2.62. The van der Waals surface area contributed by atoms with E-state index >= 15 is 0 Å². The second kappa shape index (κ2) is 5.20. The molecule has 0 radical (unpaired) electrons. The van der Waals surface area contributed by atoms with Gasteiger partial charge >= 0.3 is 0 Å². The van der Waals surface area contributed by atoms with E-state index in [9.17, 15) is 0 Å². The van der Waals surface area contributed by atoms with Gasteiger partial charge in [0.2, 0.25) is 0 Å². The van der Waals surface area contributed by atoms with Gasteiger partial charge in [0.25, 0.3) is 0 Å². The SMILES string of the molecule is C1CN(CN2CCSCC2)CCO1. The third-order valence-electron chi connectivity index (χ3n) is 2.61. The fraction of sp³-hybridized carbons (Fsp3) is 1.00. The number of morpholine rings is 1. The minimum Gasteiger partial charge on any atom is -0.379 e. The van der Waals surface area contributed by atoms with Crippen LogP contribution in [0.5, 0.6) is 0 Å². The minimum absolute atomic E-state index is 0.919. The van der Waals surface area contributed by atoms with Crippen molar-refractivity contribution in [2.75, 3.05) is 57.6 Å². The average Bonchev–Trinajstić information content (AvgIpc) is 2.21. The Morgan fingerprint density at radius 2 is 1.54 bits per heavy atom. The van der Waals surface area contributed by atoms with E-state index in [0.29, 0.717) is 0 Å². The van der Waals surface area contributed by atoms with Crippen LogP contribution in [-0.2, 0) is 4.74 Å². The molecule has 0 spiro atoms. The predicted octanol–water partition coefficient (Wildman–Crippen LogP) is 0.325. The molecule has 4 heteroatoms. The summed E-state index contributed by atoms with van der Waals surface area (Å²) in [5.41, 5.74) is 0. The van der Waals surface area contributed by atoms with E-state index < -0.39 is 0 Å². The molecule has 0 aromatic rings. The molecule has 0 aromatic carbocycles. The molecular formula is C9H18N2OS. The lowest BCUT2D eigenvalue weighted by Crippen LogP contribution is -2.46. The van der Waals surface area contributed by atoms with Crippen molar-refractivity contribution >= 4 is 11.8 Å². The van der Waals surface area contributed by atoms with Gasteiger partial charge in [0.05, 0.1) is 19.9 Å². The van der Waals surface area contributed by atoms with Crippen LogP contribution in [0.25, 0.3) is 0 Å². The highest BCUT2D eigenvalue weighted by atomic mass is 32.2. The van der Waals surface area contributed by atoms with Crippen molar-refractivity contribution in [1.82, 2.24) is 9.80 Å². The van der Waals surface area contributed by atoms with Gasteiger partial charge in [0, 0.05) is 37.7 Å². The van der Waals surface area contributed by atoms with Gasteiger partial charge in [0.15, 0.2) is 0 Å². The van der Waals surface area contributed by atoms with Gasteiger partial charge in [-0.25, -0.2) is 0 Å². The van der Waals surface area contributed by atoms with Crippen LogP contribution in [0.4, 0.5) is 0 Å². The lowest BCUT2D eigenvalue weighted by molar-refractivity contribution is 0.0118. The molecule has 0 amide bonds. The van der Waals surface area contributed by atoms with Gasteiger partial charge in [-0.05, 0) is 0 Å². The first-order valence-corrected chi connectivity index (χ1v) is 6.21. The molecule has 0 unspecified atom stereocenters. The van der Waals surface area contributed by atoms with Gasteiger partial charge < -0.3 is 4.74 Å². The maximum Gasteiger partial charge on any atom is 0.0594 e. The Kier molecular flexibility index (Phi) is 3.91. The Morgan fingerprint density at radius 1 is 0.923 bits per heavy atom. The van der Waals surface area contributed by atoms with Crippen LogP contribution in [0, 0.1) is 0 Å². The van der Waals surface area contributed by atoms with Crippen molar-refractivity contribution in [3.63, 3.8) is 0 Å². The standard InChI is InChI=1S/C9H18N2OS/c1-5-12-6-2-10(1)9-11-3-7-13-8-4-11/h1-9H2. The summed E-state index contributed by atoms with van der Waals surface area (Å²) in [4.78, 5) is 5.06. The molecule has 2 aliphatic rings. The lowest BCUT2D eigenvalue weighted by atomic mass is 10.4. The molecule has 3 nitrogen and oxygen atoms in total. The van der Waals surface area contributed by atoms with E-state index in [1.807, 2.05) is 0 Å². The van der Waals surface area contributed by atoms with E-state index in [4.69, 9.17) is 4.74 Å². The Labute approximate surface area is 84.4 Å². The lowest BCUT2D eigenvalue weighted by Gasteiger charge is -2.34. The van der Waals surface area contributed by atoms with E-state index in [-0.39, 0.29) is 0 Å². The first kappa shape index (κ1) is 9.77. The summed E-state index contributed by atoms with van der Waals surface area (Å²) in [6, 6.07) is 0. The van der Waals surface area contributed by atoms with E-state index in [0.717, 1.165) is 33.0 Å². The van der Waals surface area contributed by atoms with Crippen molar-refractivity contribution in [2.24, 2.45) is 0 Å². The number of hydrogen-bond acceptors (Lipinski definition) is 4. The van der Waals surface area contributed by atoms with Gasteiger partial charge in [0.1, 0.15) is 0 Å². The molecule has 2 fully saturated rings. The highest BCUT2D eigenvalue weighted by Gasteiger charge is 2.16. The molecule has 76 valence electrons. The fourth-order valence-electron chi connectivity index (χ4n) is 1.77. The molecule has 13 heavy (non-hydrogen) atoms. The van der Waals surface area contributed by atoms with Crippen LogP contribution in [0.1, 0.15) is 0 Å². The largest absolute Gasteiger partial charge is 0.379 e. The Bertz CT molecular complexity index is 129. The molecule has 2 aliphatic heterocycles. The van der Waals surface area contributed by atoms with Crippen LogP contribution in [0.15, 0.2) is 0 Å². The molecular weight excluding hydrogens is 184 g/mol. The number of thioether (sulfide) groups is 1. The summed E-state index contributed by atoms with van der Waals surface area (Å²) in [6.45, 7) is 7.76. The summed E-state index contributed by atoms with van der Waals surface area (Å²) < 4.78 is 5.32. The normalized spacial score (nSPS) is 27.7. The molecule has 0 aromatic heterocycles. The molecule has 0 N–H and O–H groups in total. The highest BCUT2D eigenvalue weighted by Crippen LogP contribution is 2.10. The zero-order valence-corrected chi connectivity index (χ0v) is 8.89. The molecule has 0 bridgehead atoms. The van der Waals surface area contributed by atoms with E-state index in [1.54, 1.807) is 0 Å². The molecule has 0 saturated carbocycles. The zero-order valence-electron chi connectivity index (χ0n) is 8.07. The second-order valence-electron chi connectivity index (χ2n) is 3.60. The van der Waals surface area contributed by atoms with E-state index in [1.165, 1.54) is 24.6 Å². The Hall–Kier alpha value is 0.230. The average molecular weight is 202 g/mol. The number of hydrogen-bond donors (Lipinski definition) is 0. The summed E-state index contributed by atoms with van der Waals surface area (Å²) in [7, 11) is 0. The van der Waals surface area contributed by atoms with Crippen LogP contribution < -0.4 is 0 Å². The molecule has 2 heterocycles. The first-order valence-electron chi connectivity index (χ1n) is 5.05.